The summed E-state index contributed by atoms with van der Waals surface area (Å²) in [5, 5.41) is 0. The van der Waals surface area contributed by atoms with Gasteiger partial charge in [-0.05, 0) is 30.5 Å². The standard InChI is InChI=1S/C18H26BrNO2/c1-3-5-6-14(4-2)18(21)20-11-12-22-17(13-20)15-7-9-16(19)10-8-15/h7-10,14,17H,3-6,11-13H2,1-2H3. The molecule has 1 amide bonds. The molecule has 1 heterocycles. The van der Waals surface area contributed by atoms with E-state index in [-0.39, 0.29) is 12.0 Å². The minimum atomic E-state index is -0.00511. The molecule has 1 aromatic rings. The van der Waals surface area contributed by atoms with Crippen LogP contribution in [0.1, 0.15) is 51.2 Å². The predicted molar refractivity (Wildman–Crippen MR) is 92.7 cm³/mol. The molecule has 1 aliphatic heterocycles. The van der Waals surface area contributed by atoms with Crippen molar-refractivity contribution in [2.75, 3.05) is 19.7 Å². The van der Waals surface area contributed by atoms with Gasteiger partial charge in [0.1, 0.15) is 6.10 Å². The Morgan fingerprint density at radius 2 is 2.09 bits per heavy atom. The Bertz CT molecular complexity index is 474. The monoisotopic (exact) mass is 367 g/mol. The second-order valence-corrected chi connectivity index (χ2v) is 6.86. The van der Waals surface area contributed by atoms with E-state index in [0.29, 0.717) is 25.6 Å². The zero-order chi connectivity index (χ0) is 15.9. The van der Waals surface area contributed by atoms with Crippen LogP contribution >= 0.6 is 15.9 Å². The summed E-state index contributed by atoms with van der Waals surface area (Å²) in [6.45, 7) is 6.30. The van der Waals surface area contributed by atoms with Crippen LogP contribution in [0, 0.1) is 5.92 Å². The summed E-state index contributed by atoms with van der Waals surface area (Å²) >= 11 is 3.45. The van der Waals surface area contributed by atoms with E-state index in [1.165, 1.54) is 0 Å². The number of carbonyl (C=O) groups is 1. The van der Waals surface area contributed by atoms with E-state index in [9.17, 15) is 4.79 Å². The molecule has 0 spiro atoms. The highest BCUT2D eigenvalue weighted by Gasteiger charge is 2.28. The highest BCUT2D eigenvalue weighted by atomic mass is 79.9. The molecule has 0 aromatic heterocycles. The summed E-state index contributed by atoms with van der Waals surface area (Å²) in [6.07, 6.45) is 4.21. The fraction of sp³-hybridized carbons (Fsp3) is 0.611. The van der Waals surface area contributed by atoms with Crippen molar-refractivity contribution in [2.45, 2.75) is 45.6 Å². The minimum Gasteiger partial charge on any atom is -0.370 e. The zero-order valence-electron chi connectivity index (χ0n) is 13.6. The predicted octanol–water partition coefficient (Wildman–Crippen LogP) is 4.57. The molecule has 2 rings (SSSR count). The van der Waals surface area contributed by atoms with Crippen LogP contribution in [-0.2, 0) is 9.53 Å². The third-order valence-electron chi connectivity index (χ3n) is 4.37. The molecular weight excluding hydrogens is 342 g/mol. The summed E-state index contributed by atoms with van der Waals surface area (Å²) in [6, 6.07) is 8.18. The molecule has 0 saturated carbocycles. The molecule has 4 heteroatoms. The molecule has 0 bridgehead atoms. The number of halogens is 1. The summed E-state index contributed by atoms with van der Waals surface area (Å²) in [4.78, 5) is 14.7. The van der Waals surface area contributed by atoms with E-state index in [1.54, 1.807) is 0 Å². The molecule has 2 atom stereocenters. The quantitative estimate of drug-likeness (QED) is 0.736. The van der Waals surface area contributed by atoms with Gasteiger partial charge in [-0.25, -0.2) is 0 Å². The smallest absolute Gasteiger partial charge is 0.225 e. The first kappa shape index (κ1) is 17.5. The summed E-state index contributed by atoms with van der Waals surface area (Å²) in [7, 11) is 0. The third kappa shape index (κ3) is 4.56. The topological polar surface area (TPSA) is 29.5 Å². The third-order valence-corrected chi connectivity index (χ3v) is 4.90. The average Bonchev–Trinajstić information content (AvgIpc) is 2.56. The first-order valence-electron chi connectivity index (χ1n) is 8.31. The Hall–Kier alpha value is -0.870. The number of ether oxygens (including phenoxy) is 1. The molecule has 1 saturated heterocycles. The maximum Gasteiger partial charge on any atom is 0.225 e. The van der Waals surface area contributed by atoms with Gasteiger partial charge in [0.05, 0.1) is 13.2 Å². The summed E-state index contributed by atoms with van der Waals surface area (Å²) in [5.41, 5.74) is 1.14. The SMILES string of the molecule is CCCCC(CC)C(=O)N1CCOC(c2ccc(Br)cc2)C1. The van der Waals surface area contributed by atoms with Crippen molar-refractivity contribution in [3.05, 3.63) is 34.3 Å². The van der Waals surface area contributed by atoms with Gasteiger partial charge in [-0.15, -0.1) is 0 Å². The van der Waals surface area contributed by atoms with Crippen LogP contribution in [0.3, 0.4) is 0 Å². The van der Waals surface area contributed by atoms with Gasteiger partial charge >= 0.3 is 0 Å². The Morgan fingerprint density at radius 3 is 2.73 bits per heavy atom. The van der Waals surface area contributed by atoms with Crippen molar-refractivity contribution < 1.29 is 9.53 Å². The number of benzene rings is 1. The first-order valence-corrected chi connectivity index (χ1v) is 9.10. The minimum absolute atomic E-state index is 0.00511. The second-order valence-electron chi connectivity index (χ2n) is 5.94. The van der Waals surface area contributed by atoms with Gasteiger partial charge < -0.3 is 9.64 Å². The molecule has 1 aliphatic rings. The number of hydrogen-bond acceptors (Lipinski definition) is 2. The van der Waals surface area contributed by atoms with Gasteiger partial charge in [-0.3, -0.25) is 4.79 Å². The van der Waals surface area contributed by atoms with Crippen LogP contribution in [0.2, 0.25) is 0 Å². The second kappa shape index (κ2) is 8.68. The average molecular weight is 368 g/mol. The van der Waals surface area contributed by atoms with Gasteiger partial charge in [0.15, 0.2) is 0 Å². The summed E-state index contributed by atoms with van der Waals surface area (Å²) in [5.74, 6) is 0.477. The van der Waals surface area contributed by atoms with Gasteiger partial charge in [0, 0.05) is 16.9 Å². The number of carbonyl (C=O) groups excluding carboxylic acids is 1. The maximum atomic E-state index is 12.7. The number of rotatable bonds is 6. The lowest BCUT2D eigenvalue weighted by Gasteiger charge is -2.35. The van der Waals surface area contributed by atoms with Crippen molar-refractivity contribution in [3.8, 4) is 0 Å². The van der Waals surface area contributed by atoms with Crippen molar-refractivity contribution in [2.24, 2.45) is 5.92 Å². The van der Waals surface area contributed by atoms with Gasteiger partial charge in [-0.1, -0.05) is 54.8 Å². The van der Waals surface area contributed by atoms with E-state index in [4.69, 9.17) is 4.74 Å². The fourth-order valence-electron chi connectivity index (χ4n) is 2.94. The van der Waals surface area contributed by atoms with Crippen LogP contribution < -0.4 is 0 Å². The first-order chi connectivity index (χ1) is 10.7. The molecule has 0 radical (unpaired) electrons. The van der Waals surface area contributed by atoms with Gasteiger partial charge in [-0.2, -0.15) is 0 Å². The van der Waals surface area contributed by atoms with Gasteiger partial charge in [0.25, 0.3) is 0 Å². The lowest BCUT2D eigenvalue weighted by Crippen LogP contribution is -2.44. The molecule has 3 nitrogen and oxygen atoms in total. The Kier molecular flexibility index (Phi) is 6.90. The highest BCUT2D eigenvalue weighted by molar-refractivity contribution is 9.10. The Labute approximate surface area is 142 Å². The molecule has 122 valence electrons. The molecule has 22 heavy (non-hydrogen) atoms. The van der Waals surface area contributed by atoms with Crippen LogP contribution in [-0.4, -0.2) is 30.5 Å². The van der Waals surface area contributed by atoms with Gasteiger partial charge in [0.2, 0.25) is 5.91 Å². The van der Waals surface area contributed by atoms with Crippen LogP contribution in [0.5, 0.6) is 0 Å². The lowest BCUT2D eigenvalue weighted by molar-refractivity contribution is -0.143. The number of unbranched alkanes of at least 4 members (excludes halogenated alkanes) is 1. The summed E-state index contributed by atoms with van der Waals surface area (Å²) < 4.78 is 6.93. The molecule has 2 unspecified atom stereocenters. The molecular formula is C18H26BrNO2. The van der Waals surface area contributed by atoms with Crippen molar-refractivity contribution in [1.29, 1.82) is 0 Å². The highest BCUT2D eigenvalue weighted by Crippen LogP contribution is 2.26. The van der Waals surface area contributed by atoms with E-state index >= 15 is 0 Å². The number of amides is 1. The fourth-order valence-corrected chi connectivity index (χ4v) is 3.20. The van der Waals surface area contributed by atoms with E-state index < -0.39 is 0 Å². The maximum absolute atomic E-state index is 12.7. The van der Waals surface area contributed by atoms with E-state index in [2.05, 4.69) is 41.9 Å². The Morgan fingerprint density at radius 1 is 1.36 bits per heavy atom. The molecule has 1 fully saturated rings. The van der Waals surface area contributed by atoms with Crippen LogP contribution in [0.15, 0.2) is 28.7 Å². The van der Waals surface area contributed by atoms with Crippen molar-refractivity contribution in [3.63, 3.8) is 0 Å². The van der Waals surface area contributed by atoms with E-state index in [0.717, 1.165) is 35.7 Å². The molecule has 0 N–H and O–H groups in total. The number of nitrogens with zero attached hydrogens (tertiary/aromatic N) is 1. The van der Waals surface area contributed by atoms with Crippen LogP contribution in [0.25, 0.3) is 0 Å². The van der Waals surface area contributed by atoms with Crippen LogP contribution in [0.4, 0.5) is 0 Å². The Balaban J connectivity index is 2.00. The van der Waals surface area contributed by atoms with Crippen molar-refractivity contribution >= 4 is 21.8 Å². The number of hydrogen-bond donors (Lipinski definition) is 0. The molecule has 1 aromatic carbocycles. The number of morpholine rings is 1. The van der Waals surface area contributed by atoms with E-state index in [1.807, 2.05) is 17.0 Å². The molecule has 0 aliphatic carbocycles. The van der Waals surface area contributed by atoms with Crippen molar-refractivity contribution in [1.82, 2.24) is 4.90 Å². The lowest BCUT2D eigenvalue weighted by atomic mass is 9.97. The zero-order valence-corrected chi connectivity index (χ0v) is 15.1. The largest absolute Gasteiger partial charge is 0.370 e. The normalized spacial score (nSPS) is 20.0.